The molecule has 1 fully saturated rings. The second kappa shape index (κ2) is 9.41. The first-order valence-electron chi connectivity index (χ1n) is 12.1. The highest BCUT2D eigenvalue weighted by Crippen LogP contribution is 2.32. The second-order valence-electron chi connectivity index (χ2n) is 9.87. The van der Waals surface area contributed by atoms with Crippen LogP contribution in [0.4, 0.5) is 0 Å². The van der Waals surface area contributed by atoms with Gasteiger partial charge in [-0.15, -0.1) is 0 Å². The molecule has 1 saturated heterocycles. The van der Waals surface area contributed by atoms with Gasteiger partial charge in [0.25, 0.3) is 0 Å². The van der Waals surface area contributed by atoms with Crippen LogP contribution in [0.2, 0.25) is 5.02 Å². The van der Waals surface area contributed by atoms with E-state index < -0.39 is 6.04 Å². The van der Waals surface area contributed by atoms with Gasteiger partial charge in [-0.2, -0.15) is 0 Å². The Morgan fingerprint density at radius 3 is 2.59 bits per heavy atom. The number of benzene rings is 2. The summed E-state index contributed by atoms with van der Waals surface area (Å²) in [5, 5.41) is 0.637. The lowest BCUT2D eigenvalue weighted by Gasteiger charge is -2.40. The van der Waals surface area contributed by atoms with Crippen LogP contribution in [0.1, 0.15) is 56.0 Å². The number of hydrogen-bond acceptors (Lipinski definition) is 4. The van der Waals surface area contributed by atoms with Crippen molar-refractivity contribution in [3.8, 4) is 0 Å². The number of oxazole rings is 1. The highest BCUT2D eigenvalue weighted by Gasteiger charge is 2.38. The highest BCUT2D eigenvalue weighted by atomic mass is 35.5. The first-order chi connectivity index (χ1) is 16.4. The summed E-state index contributed by atoms with van der Waals surface area (Å²) in [5.41, 5.74) is 3.80. The standard InChI is InChI=1S/C27H30ClN3O3/c1-17(2)13-25(32)31-16-20-6-4-3-5-19(20)14-23(31)27(33)30-11-9-18(10-12-30)26-29-22-15-21(28)7-8-24(22)34-26/h3-8,15,17-18,23H,9-14,16H2,1-2H3. The van der Waals surface area contributed by atoms with Crippen LogP contribution in [0.3, 0.4) is 0 Å². The summed E-state index contributed by atoms with van der Waals surface area (Å²) < 4.78 is 5.97. The summed E-state index contributed by atoms with van der Waals surface area (Å²) in [5.74, 6) is 1.24. The van der Waals surface area contributed by atoms with E-state index in [1.807, 2.05) is 43.0 Å². The van der Waals surface area contributed by atoms with Crippen LogP contribution in [0.5, 0.6) is 0 Å². The third-order valence-corrected chi connectivity index (χ3v) is 7.19. The monoisotopic (exact) mass is 479 g/mol. The summed E-state index contributed by atoms with van der Waals surface area (Å²) >= 11 is 6.08. The lowest BCUT2D eigenvalue weighted by Crippen LogP contribution is -2.55. The number of nitrogens with zero attached hydrogens (tertiary/aromatic N) is 3. The van der Waals surface area contributed by atoms with Gasteiger partial charge in [0.2, 0.25) is 11.8 Å². The molecule has 34 heavy (non-hydrogen) atoms. The molecule has 178 valence electrons. The molecule has 2 aliphatic rings. The lowest BCUT2D eigenvalue weighted by atomic mass is 9.91. The van der Waals surface area contributed by atoms with Crippen molar-refractivity contribution in [2.75, 3.05) is 13.1 Å². The SMILES string of the molecule is CC(C)CC(=O)N1Cc2ccccc2CC1C(=O)N1CCC(c2nc3cc(Cl)ccc3o2)CC1. The van der Waals surface area contributed by atoms with Gasteiger partial charge < -0.3 is 14.2 Å². The summed E-state index contributed by atoms with van der Waals surface area (Å²) in [6.07, 6.45) is 2.60. The molecule has 3 heterocycles. The van der Waals surface area contributed by atoms with Gasteiger partial charge in [-0.1, -0.05) is 49.7 Å². The van der Waals surface area contributed by atoms with Crippen molar-refractivity contribution in [1.29, 1.82) is 0 Å². The molecule has 0 radical (unpaired) electrons. The number of rotatable bonds is 4. The molecule has 2 aromatic carbocycles. The molecular weight excluding hydrogens is 450 g/mol. The Labute approximate surface area is 204 Å². The predicted octanol–water partition coefficient (Wildman–Crippen LogP) is 5.19. The van der Waals surface area contributed by atoms with E-state index in [1.165, 1.54) is 0 Å². The van der Waals surface area contributed by atoms with Crippen molar-refractivity contribution in [2.45, 2.75) is 58.0 Å². The van der Waals surface area contributed by atoms with Gasteiger partial charge in [0, 0.05) is 43.4 Å². The van der Waals surface area contributed by atoms with Gasteiger partial charge in [-0.25, -0.2) is 4.98 Å². The average Bonchev–Trinajstić information content (AvgIpc) is 3.25. The number of carbonyl (C=O) groups excluding carboxylic acids is 2. The Morgan fingerprint density at radius 2 is 1.85 bits per heavy atom. The maximum absolute atomic E-state index is 13.7. The van der Waals surface area contributed by atoms with E-state index in [4.69, 9.17) is 16.0 Å². The Morgan fingerprint density at radius 1 is 1.12 bits per heavy atom. The van der Waals surface area contributed by atoms with Gasteiger partial charge in [-0.05, 0) is 48.1 Å². The fourth-order valence-corrected chi connectivity index (χ4v) is 5.29. The van der Waals surface area contributed by atoms with E-state index in [0.29, 0.717) is 43.4 Å². The second-order valence-corrected chi connectivity index (χ2v) is 10.3. The van der Waals surface area contributed by atoms with Gasteiger partial charge in [0.15, 0.2) is 11.5 Å². The summed E-state index contributed by atoms with van der Waals surface area (Å²) in [7, 11) is 0. The van der Waals surface area contributed by atoms with Gasteiger partial charge in [0.05, 0.1) is 0 Å². The number of halogens is 1. The summed E-state index contributed by atoms with van der Waals surface area (Å²) in [4.78, 5) is 35.1. The summed E-state index contributed by atoms with van der Waals surface area (Å²) in [6, 6.07) is 13.2. The maximum Gasteiger partial charge on any atom is 0.245 e. The molecule has 0 aliphatic carbocycles. The molecule has 0 saturated carbocycles. The molecule has 6 nitrogen and oxygen atoms in total. The molecule has 1 unspecified atom stereocenters. The average molecular weight is 480 g/mol. The Bertz CT molecular complexity index is 1210. The predicted molar refractivity (Wildman–Crippen MR) is 132 cm³/mol. The molecule has 1 atom stereocenters. The van der Waals surface area contributed by atoms with E-state index in [1.54, 1.807) is 11.0 Å². The fraction of sp³-hybridized carbons (Fsp3) is 0.444. The molecule has 2 amide bonds. The maximum atomic E-state index is 13.7. The van der Waals surface area contributed by atoms with Gasteiger partial charge >= 0.3 is 0 Å². The molecule has 3 aromatic rings. The van der Waals surface area contributed by atoms with E-state index >= 15 is 0 Å². The minimum atomic E-state index is -0.441. The van der Waals surface area contributed by atoms with Crippen molar-refractivity contribution in [3.05, 3.63) is 64.5 Å². The van der Waals surface area contributed by atoms with E-state index in [0.717, 1.165) is 35.1 Å². The topological polar surface area (TPSA) is 66.7 Å². The minimum Gasteiger partial charge on any atom is -0.440 e. The first kappa shape index (κ1) is 22.9. The van der Waals surface area contributed by atoms with Gasteiger partial charge in [0.1, 0.15) is 11.6 Å². The third kappa shape index (κ3) is 4.56. The Kier molecular flexibility index (Phi) is 6.34. The van der Waals surface area contributed by atoms with Crippen LogP contribution in [-0.2, 0) is 22.6 Å². The van der Waals surface area contributed by atoms with E-state index in [-0.39, 0.29) is 23.7 Å². The first-order valence-corrected chi connectivity index (χ1v) is 12.5. The van der Waals surface area contributed by atoms with Crippen molar-refractivity contribution in [1.82, 2.24) is 14.8 Å². The quantitative estimate of drug-likeness (QED) is 0.516. The number of carbonyl (C=O) groups is 2. The zero-order chi connectivity index (χ0) is 23.8. The third-order valence-electron chi connectivity index (χ3n) is 6.96. The highest BCUT2D eigenvalue weighted by molar-refractivity contribution is 6.31. The number of piperidine rings is 1. The molecule has 0 bridgehead atoms. The largest absolute Gasteiger partial charge is 0.440 e. The normalized spacial score (nSPS) is 19.0. The van der Waals surface area contributed by atoms with E-state index in [2.05, 4.69) is 17.1 Å². The number of hydrogen-bond donors (Lipinski definition) is 0. The van der Waals surface area contributed by atoms with Crippen LogP contribution >= 0.6 is 11.6 Å². The lowest BCUT2D eigenvalue weighted by molar-refractivity contribution is -0.148. The van der Waals surface area contributed by atoms with Crippen LogP contribution in [0, 0.1) is 5.92 Å². The van der Waals surface area contributed by atoms with Gasteiger partial charge in [-0.3, -0.25) is 9.59 Å². The van der Waals surface area contributed by atoms with Crippen LogP contribution in [0.15, 0.2) is 46.9 Å². The number of amides is 2. The van der Waals surface area contributed by atoms with Crippen molar-refractivity contribution < 1.29 is 14.0 Å². The number of fused-ring (bicyclic) bond motifs is 2. The van der Waals surface area contributed by atoms with Crippen molar-refractivity contribution >= 4 is 34.5 Å². The smallest absolute Gasteiger partial charge is 0.245 e. The van der Waals surface area contributed by atoms with Crippen molar-refractivity contribution in [2.24, 2.45) is 5.92 Å². The Balaban J connectivity index is 1.30. The summed E-state index contributed by atoms with van der Waals surface area (Å²) in [6.45, 7) is 5.84. The molecule has 0 spiro atoms. The minimum absolute atomic E-state index is 0.0504. The van der Waals surface area contributed by atoms with Crippen molar-refractivity contribution in [3.63, 3.8) is 0 Å². The molecule has 5 rings (SSSR count). The number of aromatic nitrogens is 1. The molecular formula is C27H30ClN3O3. The zero-order valence-electron chi connectivity index (χ0n) is 19.7. The molecule has 7 heteroatoms. The van der Waals surface area contributed by atoms with Crippen LogP contribution in [0.25, 0.3) is 11.1 Å². The Hall–Kier alpha value is -2.86. The molecule has 0 N–H and O–H groups in total. The molecule has 2 aliphatic heterocycles. The van der Waals surface area contributed by atoms with E-state index in [9.17, 15) is 9.59 Å². The number of likely N-dealkylation sites (tertiary alicyclic amines) is 1. The van der Waals surface area contributed by atoms with Crippen LogP contribution in [-0.4, -0.2) is 45.7 Å². The zero-order valence-corrected chi connectivity index (χ0v) is 20.4. The fourth-order valence-electron chi connectivity index (χ4n) is 5.12. The van der Waals surface area contributed by atoms with Crippen LogP contribution < -0.4 is 0 Å². The molecule has 1 aromatic heterocycles.